The number of aryl methyl sites for hydroxylation is 1. The van der Waals surface area contributed by atoms with Gasteiger partial charge < -0.3 is 10.6 Å². The first-order valence-corrected chi connectivity index (χ1v) is 11.3. The number of carbonyl (C=O) groups excluding carboxylic acids is 2. The lowest BCUT2D eigenvalue weighted by molar-refractivity contribution is -0.118. The van der Waals surface area contributed by atoms with E-state index >= 15 is 0 Å². The molecule has 0 radical (unpaired) electrons. The lowest BCUT2D eigenvalue weighted by atomic mass is 9.73. The zero-order valence-corrected chi connectivity index (χ0v) is 19.5. The number of allylic oxidation sites excluding steroid dienone is 2. The predicted molar refractivity (Wildman–Crippen MR) is 130 cm³/mol. The van der Waals surface area contributed by atoms with Crippen LogP contribution in [0.25, 0.3) is 0 Å². The lowest BCUT2D eigenvalue weighted by Crippen LogP contribution is -2.37. The Labute approximate surface area is 197 Å². The minimum Gasteiger partial charge on any atom is -0.343 e. The molecule has 1 atom stereocenters. The third kappa shape index (κ3) is 3.85. The highest BCUT2D eigenvalue weighted by Gasteiger charge is 2.42. The maximum absolute atomic E-state index is 13.3. The molecule has 1 aliphatic carbocycles. The average molecular weight is 461 g/mol. The van der Waals surface area contributed by atoms with Crippen LogP contribution in [-0.2, 0) is 4.79 Å². The molecule has 1 amide bonds. The Kier molecular flexibility index (Phi) is 5.13. The van der Waals surface area contributed by atoms with E-state index in [1.807, 2.05) is 49.4 Å². The lowest BCUT2D eigenvalue weighted by Gasteiger charge is -2.39. The summed E-state index contributed by atoms with van der Waals surface area (Å²) in [4.78, 5) is 26.5. The van der Waals surface area contributed by atoms with Crippen LogP contribution < -0.4 is 10.6 Å². The monoisotopic (exact) mass is 460 g/mol. The van der Waals surface area contributed by atoms with Gasteiger partial charge in [0, 0.05) is 28.4 Å². The number of carbonyl (C=O) groups is 2. The number of halogens is 1. The van der Waals surface area contributed by atoms with E-state index in [0.717, 1.165) is 22.5 Å². The van der Waals surface area contributed by atoms with Crippen molar-refractivity contribution in [1.82, 2.24) is 9.78 Å². The number of ketones is 1. The summed E-state index contributed by atoms with van der Waals surface area (Å²) >= 11 is 6.30. The van der Waals surface area contributed by atoms with Crippen LogP contribution in [0.4, 0.5) is 11.5 Å². The summed E-state index contributed by atoms with van der Waals surface area (Å²) in [5, 5.41) is 11.5. The Balaban J connectivity index is 1.61. The van der Waals surface area contributed by atoms with Crippen LogP contribution >= 0.6 is 11.6 Å². The van der Waals surface area contributed by atoms with Gasteiger partial charge in [-0.2, -0.15) is 5.10 Å². The molecule has 1 aliphatic heterocycles. The summed E-state index contributed by atoms with van der Waals surface area (Å²) in [6, 6.07) is 14.7. The molecule has 0 saturated heterocycles. The van der Waals surface area contributed by atoms with Gasteiger partial charge in [-0.05, 0) is 48.1 Å². The fraction of sp³-hybridized carbons (Fsp3) is 0.269. The van der Waals surface area contributed by atoms with Crippen LogP contribution in [0.1, 0.15) is 54.2 Å². The molecular weight excluding hydrogens is 436 g/mol. The summed E-state index contributed by atoms with van der Waals surface area (Å²) in [6.45, 7) is 6.12. The van der Waals surface area contributed by atoms with E-state index in [2.05, 4.69) is 29.6 Å². The van der Waals surface area contributed by atoms with Crippen molar-refractivity contribution in [2.24, 2.45) is 5.41 Å². The van der Waals surface area contributed by atoms with Gasteiger partial charge >= 0.3 is 0 Å². The molecule has 2 aromatic carbocycles. The smallest absolute Gasteiger partial charge is 0.261 e. The van der Waals surface area contributed by atoms with E-state index in [0.29, 0.717) is 34.8 Å². The van der Waals surface area contributed by atoms with Gasteiger partial charge in [0.2, 0.25) is 0 Å². The van der Waals surface area contributed by atoms with Gasteiger partial charge in [-0.25, -0.2) is 4.68 Å². The predicted octanol–water partition coefficient (Wildman–Crippen LogP) is 5.76. The van der Waals surface area contributed by atoms with Crippen molar-refractivity contribution in [2.45, 2.75) is 39.7 Å². The van der Waals surface area contributed by atoms with Gasteiger partial charge in [0.05, 0.1) is 6.20 Å². The number of Topliss-reactive ketones (excluding diaryl/α,β-unsaturated/α-hetero) is 1. The van der Waals surface area contributed by atoms with Crippen LogP contribution in [0, 0.1) is 12.3 Å². The normalized spacial score (nSPS) is 18.9. The van der Waals surface area contributed by atoms with Crippen LogP contribution in [0.2, 0.25) is 5.02 Å². The fourth-order valence-electron chi connectivity index (χ4n) is 4.76. The Hall–Kier alpha value is -3.38. The standard InChI is InChI=1S/C26H25ClN4O2/c1-15-7-4-5-10-19(15)30-25(33)18-14-28-31-23(16-8-6-9-17(27)11-16)22-20(29-24(18)31)12-26(2,3)13-21(22)32/h4-11,14,23,29H,12-13H2,1-3H3,(H,30,33)/t23-/m0/s1. The van der Waals surface area contributed by atoms with Gasteiger partial charge in [-0.1, -0.05) is 55.8 Å². The third-order valence-electron chi connectivity index (χ3n) is 6.31. The third-order valence-corrected chi connectivity index (χ3v) is 6.54. The molecule has 7 heteroatoms. The summed E-state index contributed by atoms with van der Waals surface area (Å²) in [7, 11) is 0. The molecule has 0 fully saturated rings. The first-order chi connectivity index (χ1) is 15.7. The summed E-state index contributed by atoms with van der Waals surface area (Å²) in [5.74, 6) is 0.412. The minimum absolute atomic E-state index is 0.0887. The highest BCUT2D eigenvalue weighted by molar-refractivity contribution is 6.30. The van der Waals surface area contributed by atoms with Crippen molar-refractivity contribution >= 4 is 34.8 Å². The van der Waals surface area contributed by atoms with Gasteiger partial charge in [0.15, 0.2) is 5.78 Å². The van der Waals surface area contributed by atoms with Crippen molar-refractivity contribution < 1.29 is 9.59 Å². The maximum Gasteiger partial charge on any atom is 0.261 e. The minimum atomic E-state index is -0.446. The van der Waals surface area contributed by atoms with Gasteiger partial charge in [-0.3, -0.25) is 9.59 Å². The molecule has 0 spiro atoms. The van der Waals surface area contributed by atoms with Crippen LogP contribution in [0.15, 0.2) is 66.0 Å². The SMILES string of the molecule is Cc1ccccc1NC(=O)c1cnn2c1NC1=C(C(=O)CC(C)(C)C1)[C@@H]2c1cccc(Cl)c1. The Morgan fingerprint density at radius 1 is 1.18 bits per heavy atom. The highest BCUT2D eigenvalue weighted by atomic mass is 35.5. The first kappa shape index (κ1) is 21.5. The van der Waals surface area contributed by atoms with Crippen molar-refractivity contribution in [3.05, 3.63) is 87.7 Å². The molecule has 2 heterocycles. The maximum atomic E-state index is 13.3. The number of aromatic nitrogens is 2. The van der Waals surface area contributed by atoms with Crippen LogP contribution in [0.3, 0.4) is 0 Å². The van der Waals surface area contributed by atoms with E-state index in [1.54, 1.807) is 16.9 Å². The number of fused-ring (bicyclic) bond motifs is 1. The van der Waals surface area contributed by atoms with Crippen LogP contribution in [0.5, 0.6) is 0 Å². The second-order valence-electron chi connectivity index (χ2n) is 9.54. The zero-order valence-electron chi connectivity index (χ0n) is 18.8. The van der Waals surface area contributed by atoms with Crippen molar-refractivity contribution in [1.29, 1.82) is 0 Å². The number of para-hydroxylation sites is 1. The number of amides is 1. The molecular formula is C26H25ClN4O2. The largest absolute Gasteiger partial charge is 0.343 e. The van der Waals surface area contributed by atoms with E-state index in [9.17, 15) is 9.59 Å². The summed E-state index contributed by atoms with van der Waals surface area (Å²) in [5.41, 5.74) is 4.37. The Morgan fingerprint density at radius 2 is 1.97 bits per heavy atom. The number of benzene rings is 2. The number of nitrogens with zero attached hydrogens (tertiary/aromatic N) is 2. The van der Waals surface area contributed by atoms with E-state index in [1.165, 1.54) is 0 Å². The number of hydrogen-bond donors (Lipinski definition) is 2. The van der Waals surface area contributed by atoms with Gasteiger partial charge in [0.25, 0.3) is 5.91 Å². The molecule has 0 unspecified atom stereocenters. The number of nitrogens with one attached hydrogen (secondary N) is 2. The van der Waals surface area contributed by atoms with Crippen molar-refractivity contribution in [3.63, 3.8) is 0 Å². The molecule has 2 aliphatic rings. The van der Waals surface area contributed by atoms with Crippen LogP contribution in [-0.4, -0.2) is 21.5 Å². The van der Waals surface area contributed by atoms with E-state index < -0.39 is 6.04 Å². The molecule has 3 aromatic rings. The summed E-state index contributed by atoms with van der Waals surface area (Å²) in [6.07, 6.45) is 2.72. The molecule has 168 valence electrons. The van der Waals surface area contributed by atoms with Crippen molar-refractivity contribution in [3.8, 4) is 0 Å². The second kappa shape index (κ2) is 7.89. The van der Waals surface area contributed by atoms with Crippen molar-refractivity contribution in [2.75, 3.05) is 10.6 Å². The zero-order chi connectivity index (χ0) is 23.3. The quantitative estimate of drug-likeness (QED) is 0.521. The van der Waals surface area contributed by atoms with E-state index in [-0.39, 0.29) is 17.1 Å². The molecule has 1 aromatic heterocycles. The fourth-order valence-corrected chi connectivity index (χ4v) is 4.96. The number of anilines is 2. The molecule has 2 N–H and O–H groups in total. The number of hydrogen-bond acceptors (Lipinski definition) is 4. The Bertz CT molecular complexity index is 1320. The first-order valence-electron chi connectivity index (χ1n) is 11.0. The Morgan fingerprint density at radius 3 is 2.73 bits per heavy atom. The highest BCUT2D eigenvalue weighted by Crippen LogP contribution is 2.46. The van der Waals surface area contributed by atoms with Gasteiger partial charge in [0.1, 0.15) is 17.4 Å². The van der Waals surface area contributed by atoms with Gasteiger partial charge in [-0.15, -0.1) is 0 Å². The molecule has 33 heavy (non-hydrogen) atoms. The molecule has 0 saturated carbocycles. The molecule has 6 nitrogen and oxygen atoms in total. The molecule has 0 bridgehead atoms. The number of rotatable bonds is 3. The topological polar surface area (TPSA) is 76.0 Å². The summed E-state index contributed by atoms with van der Waals surface area (Å²) < 4.78 is 1.73. The second-order valence-corrected chi connectivity index (χ2v) is 9.97. The van der Waals surface area contributed by atoms with E-state index in [4.69, 9.17) is 11.6 Å². The average Bonchev–Trinajstić information content (AvgIpc) is 3.16. The molecule has 5 rings (SSSR count).